The van der Waals surface area contributed by atoms with Crippen LogP contribution in [0.4, 0.5) is 0 Å². The highest BCUT2D eigenvalue weighted by atomic mass is 16.8. The number of aliphatic hydroxyl groups excluding tert-OH is 13. The van der Waals surface area contributed by atoms with Gasteiger partial charge in [-0.15, -0.1) is 0 Å². The van der Waals surface area contributed by atoms with Gasteiger partial charge in [-0.3, -0.25) is 14.4 Å². The maximum atomic E-state index is 12.7. The fourth-order valence-corrected chi connectivity index (χ4v) is 8.86. The Morgan fingerprint density at radius 2 is 0.971 bits per heavy atom. The van der Waals surface area contributed by atoms with E-state index >= 15 is 0 Å². The summed E-state index contributed by atoms with van der Waals surface area (Å²) in [6, 6.07) is -4.80. The van der Waals surface area contributed by atoms with E-state index in [0.29, 0.717) is 0 Å². The lowest BCUT2D eigenvalue weighted by atomic mass is 9.87. The summed E-state index contributed by atoms with van der Waals surface area (Å²) in [5.74, 6) is -7.47. The molecule has 5 saturated heterocycles. The second-order valence-electron chi connectivity index (χ2n) is 17.6. The molecule has 0 aliphatic carbocycles. The van der Waals surface area contributed by atoms with Crippen molar-refractivity contribution in [2.45, 2.75) is 193 Å². The van der Waals surface area contributed by atoms with Crippen molar-refractivity contribution < 1.29 is 138 Å². The molecule has 31 heteroatoms. The van der Waals surface area contributed by atoms with Gasteiger partial charge < -0.3 is 135 Å². The van der Waals surface area contributed by atoms with Gasteiger partial charge in [0.25, 0.3) is 5.79 Å². The third-order valence-electron chi connectivity index (χ3n) is 12.4. The van der Waals surface area contributed by atoms with Crippen LogP contribution in [0.5, 0.6) is 0 Å². The van der Waals surface area contributed by atoms with Crippen LogP contribution in [0.3, 0.4) is 0 Å². The largest absolute Gasteiger partial charge is 0.477 e. The monoisotopic (exact) mass is 1020 g/mol. The molecule has 5 rings (SSSR count). The average Bonchev–Trinajstić information content (AvgIpc) is 3.29. The number of carboxylic acids is 1. The quantitative estimate of drug-likeness (QED) is 0.0606. The lowest BCUT2D eigenvalue weighted by molar-refractivity contribution is -0.381. The third kappa shape index (κ3) is 12.6. The zero-order valence-electron chi connectivity index (χ0n) is 38.0. The van der Waals surface area contributed by atoms with Crippen LogP contribution in [0.1, 0.15) is 34.1 Å². The lowest BCUT2D eigenvalue weighted by Crippen LogP contribution is -2.71. The number of ether oxygens (including phenoxy) is 9. The van der Waals surface area contributed by atoms with Gasteiger partial charge in [-0.25, -0.2) is 4.79 Å². The van der Waals surface area contributed by atoms with E-state index < -0.39 is 215 Å². The summed E-state index contributed by atoms with van der Waals surface area (Å²) in [7, 11) is 0. The predicted octanol–water partition coefficient (Wildman–Crippen LogP) is -11.3. The number of carbonyl (C=O) groups excluding carboxylic acids is 3. The SMILES string of the molecule is CC(=O)N[C@H]1[C@H](O[C@@H]2[C@H](O)[C@@H](O)[C@@H](O[C@H]3C[C@@](O)(C(=O)O)O[C@@H]([C@H](NC(C)=O)[C@@H](C)O)[C@@H]3NC(C)=O)O[C@@H]2CO)O[C@H](CO)[C@H](O)[C@@H]1O[C@@H]1O[C@H](CO)[C@H](O[C@H]2O[C@H](CO)[C@@H](O)[C@H](O)[C@H]2O)[C@H](O)[C@H]1O. The highest BCUT2D eigenvalue weighted by Gasteiger charge is 2.59. The van der Waals surface area contributed by atoms with E-state index in [4.69, 9.17) is 42.6 Å². The first kappa shape index (κ1) is 57.9. The highest BCUT2D eigenvalue weighted by Crippen LogP contribution is 2.38. The average molecular weight is 1020 g/mol. The number of hydrogen-bond donors (Lipinski definition) is 18. The van der Waals surface area contributed by atoms with Crippen LogP contribution in [0.2, 0.25) is 0 Å². The normalized spacial score (nSPS) is 45.5. The Balaban J connectivity index is 1.38. The molecule has 0 radical (unpaired) electrons. The molecule has 31 nitrogen and oxygen atoms in total. The van der Waals surface area contributed by atoms with E-state index in [-0.39, 0.29) is 0 Å². The molecule has 26 atom stereocenters. The lowest BCUT2D eigenvalue weighted by Gasteiger charge is -2.51. The number of carbonyl (C=O) groups is 4. The summed E-state index contributed by atoms with van der Waals surface area (Å²) in [4.78, 5) is 49.6. The van der Waals surface area contributed by atoms with E-state index in [0.717, 1.165) is 20.8 Å². The molecule has 0 unspecified atom stereocenters. The number of hydrogen-bond acceptors (Lipinski definition) is 27. The minimum absolute atomic E-state index is 0.741. The molecule has 0 aromatic rings. The number of amides is 3. The Morgan fingerprint density at radius 1 is 0.557 bits per heavy atom. The van der Waals surface area contributed by atoms with E-state index in [1.165, 1.54) is 6.92 Å². The van der Waals surface area contributed by atoms with Crippen molar-refractivity contribution in [2.75, 3.05) is 26.4 Å². The Labute approximate surface area is 397 Å². The molecule has 5 aliphatic rings. The van der Waals surface area contributed by atoms with Crippen LogP contribution in [0.15, 0.2) is 0 Å². The van der Waals surface area contributed by atoms with Gasteiger partial charge in [-0.05, 0) is 6.92 Å². The van der Waals surface area contributed by atoms with Crippen molar-refractivity contribution >= 4 is 23.7 Å². The molecule has 70 heavy (non-hydrogen) atoms. The van der Waals surface area contributed by atoms with E-state index in [1.54, 1.807) is 0 Å². The van der Waals surface area contributed by atoms with Crippen molar-refractivity contribution in [3.05, 3.63) is 0 Å². The zero-order chi connectivity index (χ0) is 52.3. The topological polar surface area (TPSA) is 491 Å². The van der Waals surface area contributed by atoms with Crippen molar-refractivity contribution in [2.24, 2.45) is 0 Å². The summed E-state index contributed by atoms with van der Waals surface area (Å²) in [5.41, 5.74) is 0. The van der Waals surface area contributed by atoms with Gasteiger partial charge in [0.15, 0.2) is 25.2 Å². The molecule has 18 N–H and O–H groups in total. The molecular formula is C39H65N3O28. The number of carboxylic acid groups (broad SMARTS) is 1. The molecule has 0 spiro atoms. The molecule has 5 fully saturated rings. The smallest absolute Gasteiger partial charge is 0.364 e. The first-order valence-corrected chi connectivity index (χ1v) is 22.1. The van der Waals surface area contributed by atoms with Gasteiger partial charge in [0, 0.05) is 27.2 Å². The second kappa shape index (κ2) is 24.3. The molecule has 5 heterocycles. The number of aliphatic hydroxyl groups is 14. The Hall–Kier alpha value is -3.04. The standard InChI is InChI=1S/C39H65N3O28/c1-10(47)19(40-11(2)48)32-20(41-12(3)49)14(5-39(61,70-32)38(59)60)62-35-28(57)25(54)30(17(8-45)65-35)67-34-21(42-13(4)50)33(23(52)16(7-44)63-34)69-37-29(58)26(55)31(18(9-46)66-37)68-36-27(56)24(53)22(51)15(6-43)64-36/h10,14-37,43-47,51-58,61H,5-9H2,1-4H3,(H,40,48)(H,41,49)(H,42,50)(H,59,60)/t10-,14+,15-,16-,17-,18-,19-,20-,21-,22-,23+,24+,25-,26-,27-,28-,29-,30+,31+,32+,33-,34+,35+,36-,37+,39+/m1/s1. The first-order valence-electron chi connectivity index (χ1n) is 22.1. The maximum Gasteiger partial charge on any atom is 0.364 e. The van der Waals surface area contributed by atoms with Crippen molar-refractivity contribution in [1.29, 1.82) is 0 Å². The molecule has 5 aliphatic heterocycles. The molecule has 0 bridgehead atoms. The van der Waals surface area contributed by atoms with Crippen LogP contribution < -0.4 is 16.0 Å². The molecule has 0 aromatic heterocycles. The zero-order valence-corrected chi connectivity index (χ0v) is 38.0. The fourth-order valence-electron chi connectivity index (χ4n) is 8.86. The van der Waals surface area contributed by atoms with Crippen molar-refractivity contribution in [3.8, 4) is 0 Å². The summed E-state index contributed by atoms with van der Waals surface area (Å²) in [6.45, 7) is 0.361. The van der Waals surface area contributed by atoms with Crippen LogP contribution in [-0.2, 0) is 61.8 Å². The van der Waals surface area contributed by atoms with Crippen LogP contribution in [0.25, 0.3) is 0 Å². The molecule has 0 aromatic carbocycles. The fraction of sp³-hybridized carbons (Fsp3) is 0.897. The summed E-state index contributed by atoms with van der Waals surface area (Å²) in [6.07, 6.45) is -42.5. The van der Waals surface area contributed by atoms with Crippen LogP contribution in [-0.4, -0.2) is 286 Å². The van der Waals surface area contributed by atoms with E-state index in [9.17, 15) is 95.8 Å². The number of rotatable bonds is 18. The second-order valence-corrected chi connectivity index (χ2v) is 17.6. The van der Waals surface area contributed by atoms with Gasteiger partial charge >= 0.3 is 5.97 Å². The molecule has 3 amide bonds. The highest BCUT2D eigenvalue weighted by molar-refractivity contribution is 5.77. The minimum atomic E-state index is -3.13. The van der Waals surface area contributed by atoms with Crippen molar-refractivity contribution in [1.82, 2.24) is 16.0 Å². The van der Waals surface area contributed by atoms with Gasteiger partial charge in [-0.1, -0.05) is 0 Å². The summed E-state index contributed by atoms with van der Waals surface area (Å²) < 4.78 is 51.4. The van der Waals surface area contributed by atoms with E-state index in [2.05, 4.69) is 16.0 Å². The van der Waals surface area contributed by atoms with Gasteiger partial charge in [-0.2, -0.15) is 0 Å². The Morgan fingerprint density at radius 3 is 1.43 bits per heavy atom. The van der Waals surface area contributed by atoms with Crippen LogP contribution in [0, 0.1) is 0 Å². The summed E-state index contributed by atoms with van der Waals surface area (Å²) in [5, 5.41) is 167. The Bertz CT molecular complexity index is 1750. The number of aliphatic carboxylic acids is 1. The van der Waals surface area contributed by atoms with Crippen molar-refractivity contribution in [3.63, 3.8) is 0 Å². The maximum absolute atomic E-state index is 12.7. The molecule has 0 saturated carbocycles. The molecular weight excluding hydrogens is 958 g/mol. The summed E-state index contributed by atoms with van der Waals surface area (Å²) >= 11 is 0. The third-order valence-corrected chi connectivity index (χ3v) is 12.4. The predicted molar refractivity (Wildman–Crippen MR) is 217 cm³/mol. The van der Waals surface area contributed by atoms with Gasteiger partial charge in [0.1, 0.15) is 104 Å². The van der Waals surface area contributed by atoms with Gasteiger partial charge in [0.2, 0.25) is 17.7 Å². The Kier molecular flexibility index (Phi) is 20.1. The van der Waals surface area contributed by atoms with E-state index in [1.807, 2.05) is 0 Å². The minimum Gasteiger partial charge on any atom is -0.477 e. The van der Waals surface area contributed by atoms with Gasteiger partial charge in [0.05, 0.1) is 50.7 Å². The van der Waals surface area contributed by atoms with Crippen LogP contribution >= 0.6 is 0 Å². The number of nitrogens with one attached hydrogen (secondary N) is 3. The first-order chi connectivity index (χ1) is 32.8. The molecule has 404 valence electrons.